The van der Waals surface area contributed by atoms with E-state index in [4.69, 9.17) is 4.74 Å². The molecule has 1 N–H and O–H groups in total. The molecule has 0 unspecified atom stereocenters. The Balaban J connectivity index is 1.71. The van der Waals surface area contributed by atoms with Gasteiger partial charge < -0.3 is 15.0 Å². The zero-order chi connectivity index (χ0) is 17.6. The highest BCUT2D eigenvalue weighted by molar-refractivity contribution is 5.79. The van der Waals surface area contributed by atoms with Crippen LogP contribution in [0.1, 0.15) is 31.4 Å². The molecule has 0 aromatic heterocycles. The van der Waals surface area contributed by atoms with Crippen molar-refractivity contribution in [1.82, 2.24) is 15.1 Å². The molecule has 3 rings (SSSR count). The molecule has 2 amide bonds. The van der Waals surface area contributed by atoms with Gasteiger partial charge in [0.1, 0.15) is 0 Å². The number of nitrogens with one attached hydrogen (secondary N) is 1. The van der Waals surface area contributed by atoms with E-state index in [1.165, 1.54) is 0 Å². The van der Waals surface area contributed by atoms with Gasteiger partial charge in [-0.2, -0.15) is 0 Å². The molecule has 1 aromatic rings. The molecule has 2 fully saturated rings. The van der Waals surface area contributed by atoms with E-state index in [9.17, 15) is 9.59 Å². The van der Waals surface area contributed by atoms with Crippen molar-refractivity contribution < 1.29 is 14.3 Å². The van der Waals surface area contributed by atoms with E-state index in [2.05, 4.69) is 17.1 Å². The summed E-state index contributed by atoms with van der Waals surface area (Å²) in [7, 11) is 0. The van der Waals surface area contributed by atoms with E-state index in [1.54, 1.807) is 0 Å². The summed E-state index contributed by atoms with van der Waals surface area (Å²) in [5.41, 5.74) is 1.08. The molecule has 0 saturated carbocycles. The fourth-order valence-electron chi connectivity index (χ4n) is 3.53. The molecule has 2 aliphatic heterocycles. The number of carbonyl (C=O) groups is 2. The zero-order valence-corrected chi connectivity index (χ0v) is 14.8. The Kier molecular flexibility index (Phi) is 6.04. The quantitative estimate of drug-likeness (QED) is 0.890. The van der Waals surface area contributed by atoms with Gasteiger partial charge in [-0.05, 0) is 12.0 Å². The maximum Gasteiger partial charge on any atom is 0.236 e. The summed E-state index contributed by atoms with van der Waals surface area (Å²) >= 11 is 0. The third-order valence-electron chi connectivity index (χ3n) is 5.01. The van der Waals surface area contributed by atoms with Crippen molar-refractivity contribution in [1.29, 1.82) is 0 Å². The number of morpholine rings is 1. The first-order chi connectivity index (χ1) is 12.2. The lowest BCUT2D eigenvalue weighted by Gasteiger charge is -2.35. The lowest BCUT2D eigenvalue weighted by atomic mass is 10.0. The van der Waals surface area contributed by atoms with Crippen molar-refractivity contribution in [2.24, 2.45) is 0 Å². The summed E-state index contributed by atoms with van der Waals surface area (Å²) in [6.07, 6.45) is 1.44. The number of benzene rings is 1. The number of amides is 2. The van der Waals surface area contributed by atoms with Crippen LogP contribution in [0.2, 0.25) is 0 Å². The van der Waals surface area contributed by atoms with Crippen molar-refractivity contribution in [3.63, 3.8) is 0 Å². The molecule has 2 saturated heterocycles. The van der Waals surface area contributed by atoms with Gasteiger partial charge in [-0.3, -0.25) is 14.5 Å². The normalized spacial score (nSPS) is 25.3. The van der Waals surface area contributed by atoms with E-state index in [0.29, 0.717) is 45.8 Å². The summed E-state index contributed by atoms with van der Waals surface area (Å²) in [6.45, 7) is 5.59. The maximum absolute atomic E-state index is 12.8. The highest BCUT2D eigenvalue weighted by Crippen LogP contribution is 2.25. The van der Waals surface area contributed by atoms with E-state index >= 15 is 0 Å². The Morgan fingerprint density at radius 3 is 2.84 bits per heavy atom. The average Bonchev–Trinajstić information content (AvgIpc) is 2.84. The monoisotopic (exact) mass is 345 g/mol. The number of ether oxygens (including phenoxy) is 1. The van der Waals surface area contributed by atoms with Crippen molar-refractivity contribution >= 4 is 11.8 Å². The fraction of sp³-hybridized carbons (Fsp3) is 0.579. The predicted octanol–water partition coefficient (Wildman–Crippen LogP) is 1.19. The van der Waals surface area contributed by atoms with Crippen LogP contribution in [0.25, 0.3) is 0 Å². The molecular formula is C19H27N3O3. The van der Waals surface area contributed by atoms with Crippen molar-refractivity contribution in [2.45, 2.75) is 31.9 Å². The van der Waals surface area contributed by atoms with Crippen LogP contribution in [0.5, 0.6) is 0 Å². The van der Waals surface area contributed by atoms with Crippen molar-refractivity contribution in [3.8, 4) is 0 Å². The second-order valence-corrected chi connectivity index (χ2v) is 6.69. The molecule has 2 heterocycles. The molecule has 25 heavy (non-hydrogen) atoms. The van der Waals surface area contributed by atoms with Crippen LogP contribution >= 0.6 is 0 Å². The summed E-state index contributed by atoms with van der Waals surface area (Å²) in [5, 5.41) is 2.92. The van der Waals surface area contributed by atoms with E-state index in [-0.39, 0.29) is 24.0 Å². The summed E-state index contributed by atoms with van der Waals surface area (Å²) in [4.78, 5) is 28.9. The van der Waals surface area contributed by atoms with E-state index in [1.807, 2.05) is 35.2 Å². The van der Waals surface area contributed by atoms with Gasteiger partial charge in [-0.25, -0.2) is 0 Å². The van der Waals surface area contributed by atoms with Gasteiger partial charge in [-0.1, -0.05) is 37.3 Å². The number of rotatable bonds is 4. The second kappa shape index (κ2) is 8.45. The maximum atomic E-state index is 12.8. The number of carbonyl (C=O) groups excluding carboxylic acids is 2. The zero-order valence-electron chi connectivity index (χ0n) is 14.8. The molecule has 136 valence electrons. The second-order valence-electron chi connectivity index (χ2n) is 6.69. The SMILES string of the molecule is CC[C@H]1CN(C(=O)CN2CCNC(=O)C[C@@H]2c2ccccc2)CCO1. The van der Waals surface area contributed by atoms with Gasteiger partial charge in [0, 0.05) is 38.6 Å². The average molecular weight is 345 g/mol. The van der Waals surface area contributed by atoms with Gasteiger partial charge in [-0.15, -0.1) is 0 Å². The van der Waals surface area contributed by atoms with Gasteiger partial charge in [0.05, 0.1) is 19.3 Å². The molecule has 2 aliphatic rings. The van der Waals surface area contributed by atoms with E-state index < -0.39 is 0 Å². The number of hydrogen-bond donors (Lipinski definition) is 1. The summed E-state index contributed by atoms with van der Waals surface area (Å²) in [5.74, 6) is 0.165. The van der Waals surface area contributed by atoms with Crippen LogP contribution in [0, 0.1) is 0 Å². The first kappa shape index (κ1) is 17.9. The highest BCUT2D eigenvalue weighted by atomic mass is 16.5. The van der Waals surface area contributed by atoms with Gasteiger partial charge in [0.15, 0.2) is 0 Å². The molecule has 0 aliphatic carbocycles. The van der Waals surface area contributed by atoms with Crippen molar-refractivity contribution in [2.75, 3.05) is 39.3 Å². The fourth-order valence-corrected chi connectivity index (χ4v) is 3.53. The predicted molar refractivity (Wildman–Crippen MR) is 95.0 cm³/mol. The van der Waals surface area contributed by atoms with Gasteiger partial charge in [0.2, 0.25) is 11.8 Å². The molecule has 6 nitrogen and oxygen atoms in total. The molecule has 2 atom stereocenters. The van der Waals surface area contributed by atoms with Crippen LogP contribution in [-0.2, 0) is 14.3 Å². The third-order valence-corrected chi connectivity index (χ3v) is 5.01. The van der Waals surface area contributed by atoms with Crippen LogP contribution in [0.4, 0.5) is 0 Å². The molecule has 0 bridgehead atoms. The van der Waals surface area contributed by atoms with Gasteiger partial charge in [0.25, 0.3) is 0 Å². The Bertz CT molecular complexity index is 593. The Hall–Kier alpha value is -1.92. The van der Waals surface area contributed by atoms with Crippen molar-refractivity contribution in [3.05, 3.63) is 35.9 Å². The third kappa shape index (κ3) is 4.58. The first-order valence-electron chi connectivity index (χ1n) is 9.12. The minimum Gasteiger partial charge on any atom is -0.375 e. The Labute approximate surface area is 149 Å². The standard InChI is InChI=1S/C19H27N3O3/c1-2-16-13-22(10-11-25-16)19(24)14-21-9-8-20-18(23)12-17(21)15-6-4-3-5-7-15/h3-7,16-17H,2,8-14H2,1H3,(H,20,23)/t16-,17+/m0/s1. The van der Waals surface area contributed by atoms with Crippen LogP contribution in [-0.4, -0.2) is 67.0 Å². The molecule has 0 spiro atoms. The molecule has 0 radical (unpaired) electrons. The Morgan fingerprint density at radius 2 is 2.08 bits per heavy atom. The largest absolute Gasteiger partial charge is 0.375 e. The Morgan fingerprint density at radius 1 is 1.28 bits per heavy atom. The minimum atomic E-state index is -0.0596. The van der Waals surface area contributed by atoms with Crippen LogP contribution < -0.4 is 5.32 Å². The summed E-state index contributed by atoms with van der Waals surface area (Å²) < 4.78 is 5.66. The lowest BCUT2D eigenvalue weighted by molar-refractivity contribution is -0.140. The van der Waals surface area contributed by atoms with E-state index in [0.717, 1.165) is 12.0 Å². The topological polar surface area (TPSA) is 61.9 Å². The smallest absolute Gasteiger partial charge is 0.236 e. The molecule has 1 aromatic carbocycles. The van der Waals surface area contributed by atoms with Crippen LogP contribution in [0.3, 0.4) is 0 Å². The first-order valence-corrected chi connectivity index (χ1v) is 9.12. The van der Waals surface area contributed by atoms with Crippen LogP contribution in [0.15, 0.2) is 30.3 Å². The molecule has 6 heteroatoms. The summed E-state index contributed by atoms with van der Waals surface area (Å²) in [6, 6.07) is 9.92. The minimum absolute atomic E-state index is 0.0428. The number of hydrogen-bond acceptors (Lipinski definition) is 4. The molecular weight excluding hydrogens is 318 g/mol. The number of nitrogens with zero attached hydrogens (tertiary/aromatic N) is 2. The highest BCUT2D eigenvalue weighted by Gasteiger charge is 2.30. The lowest BCUT2D eigenvalue weighted by Crippen LogP contribution is -2.49. The van der Waals surface area contributed by atoms with Gasteiger partial charge >= 0.3 is 0 Å².